The predicted molar refractivity (Wildman–Crippen MR) is 71.9 cm³/mol. The maximum Gasteiger partial charge on any atom is 0.165 e. The first-order chi connectivity index (χ1) is 9.52. The van der Waals surface area contributed by atoms with Crippen molar-refractivity contribution in [2.75, 3.05) is 13.1 Å². The highest BCUT2D eigenvalue weighted by molar-refractivity contribution is 5.92. The summed E-state index contributed by atoms with van der Waals surface area (Å²) in [7, 11) is 0. The van der Waals surface area contributed by atoms with Crippen LogP contribution in [0.15, 0.2) is 0 Å². The van der Waals surface area contributed by atoms with Crippen molar-refractivity contribution < 1.29 is 14.6 Å². The van der Waals surface area contributed by atoms with E-state index in [2.05, 4.69) is 11.8 Å². The zero-order valence-corrected chi connectivity index (χ0v) is 12.1. The van der Waals surface area contributed by atoms with E-state index in [-0.39, 0.29) is 23.0 Å². The first-order valence-corrected chi connectivity index (χ1v) is 8.20. The first kappa shape index (κ1) is 12.1. The lowest BCUT2D eigenvalue weighted by Gasteiger charge is -2.65. The Kier molecular flexibility index (Phi) is 2.01. The Morgan fingerprint density at radius 3 is 3.10 bits per heavy atom. The van der Waals surface area contributed by atoms with Crippen LogP contribution in [-0.4, -0.2) is 46.3 Å². The molecule has 0 aromatic heterocycles. The minimum absolute atomic E-state index is 0.0548. The third-order valence-corrected chi connectivity index (χ3v) is 7.16. The van der Waals surface area contributed by atoms with Crippen LogP contribution in [0, 0.1) is 17.3 Å². The van der Waals surface area contributed by atoms with Gasteiger partial charge >= 0.3 is 0 Å². The number of Topliss-reactive ketones (excluding diaryl/α,β-unsaturated/α-hetero) is 1. The molecule has 4 heteroatoms. The monoisotopic (exact) mass is 277 g/mol. The third-order valence-electron chi connectivity index (χ3n) is 7.16. The molecule has 2 spiro atoms. The van der Waals surface area contributed by atoms with E-state index in [1.54, 1.807) is 0 Å². The van der Waals surface area contributed by atoms with Crippen LogP contribution in [0.3, 0.4) is 0 Å². The van der Waals surface area contributed by atoms with Gasteiger partial charge in [0.15, 0.2) is 5.78 Å². The van der Waals surface area contributed by atoms with Crippen LogP contribution in [0.4, 0.5) is 0 Å². The van der Waals surface area contributed by atoms with Gasteiger partial charge in [0.25, 0.3) is 0 Å². The largest absolute Gasteiger partial charge is 0.381 e. The maximum atomic E-state index is 12.7. The van der Waals surface area contributed by atoms with Crippen molar-refractivity contribution >= 4 is 5.78 Å². The average molecular weight is 277 g/mol. The summed E-state index contributed by atoms with van der Waals surface area (Å²) in [6, 6.07) is 0. The Bertz CT molecular complexity index is 508. The molecule has 4 nitrogen and oxygen atoms in total. The van der Waals surface area contributed by atoms with E-state index >= 15 is 0 Å². The van der Waals surface area contributed by atoms with E-state index in [0.717, 1.165) is 38.8 Å². The van der Waals surface area contributed by atoms with Crippen LogP contribution in [0.2, 0.25) is 0 Å². The van der Waals surface area contributed by atoms with Crippen molar-refractivity contribution in [2.24, 2.45) is 17.3 Å². The van der Waals surface area contributed by atoms with Crippen LogP contribution in [0.5, 0.6) is 0 Å². The van der Waals surface area contributed by atoms with Crippen molar-refractivity contribution in [3.8, 4) is 0 Å². The Morgan fingerprint density at radius 2 is 2.25 bits per heavy atom. The molecule has 5 fully saturated rings. The van der Waals surface area contributed by atoms with Crippen LogP contribution in [0.1, 0.15) is 45.4 Å². The molecule has 3 heterocycles. The number of aliphatic hydroxyl groups is 1. The molecule has 3 aliphatic heterocycles. The van der Waals surface area contributed by atoms with E-state index in [0.29, 0.717) is 24.7 Å². The van der Waals surface area contributed by atoms with Gasteiger partial charge in [-0.1, -0.05) is 6.92 Å². The van der Waals surface area contributed by atoms with E-state index < -0.39 is 5.60 Å². The second-order valence-corrected chi connectivity index (χ2v) is 7.98. The molecular weight excluding hydrogens is 254 g/mol. The molecule has 20 heavy (non-hydrogen) atoms. The minimum atomic E-state index is -1.10. The summed E-state index contributed by atoms with van der Waals surface area (Å²) in [6.45, 7) is 4.27. The van der Waals surface area contributed by atoms with Crippen molar-refractivity contribution in [1.29, 1.82) is 0 Å². The van der Waals surface area contributed by atoms with Crippen LogP contribution in [-0.2, 0) is 9.53 Å². The average Bonchev–Trinajstić information content (AvgIpc) is 2.80. The molecule has 6 atom stereocenters. The lowest BCUT2D eigenvalue weighted by atomic mass is 9.50. The van der Waals surface area contributed by atoms with Gasteiger partial charge in [-0.2, -0.15) is 0 Å². The van der Waals surface area contributed by atoms with Crippen molar-refractivity contribution in [3.63, 3.8) is 0 Å². The Hall–Kier alpha value is -0.450. The molecule has 1 N–H and O–H groups in total. The maximum absolute atomic E-state index is 12.7. The van der Waals surface area contributed by atoms with Gasteiger partial charge in [0.2, 0.25) is 0 Å². The quantitative estimate of drug-likeness (QED) is 0.725. The molecule has 110 valence electrons. The number of rotatable bonds is 0. The molecular formula is C16H23NO3. The minimum Gasteiger partial charge on any atom is -0.381 e. The van der Waals surface area contributed by atoms with Crippen molar-refractivity contribution in [1.82, 2.24) is 4.90 Å². The van der Waals surface area contributed by atoms with Gasteiger partial charge in [0.1, 0.15) is 11.3 Å². The molecule has 0 unspecified atom stereocenters. The van der Waals surface area contributed by atoms with Gasteiger partial charge < -0.3 is 9.84 Å². The zero-order valence-electron chi connectivity index (χ0n) is 12.1. The highest BCUT2D eigenvalue weighted by Gasteiger charge is 2.81. The number of carbonyl (C=O) groups is 1. The number of nitrogens with zero attached hydrogens (tertiary/aromatic N) is 1. The summed E-state index contributed by atoms with van der Waals surface area (Å²) in [5.41, 5.74) is -1.75. The SMILES string of the molecule is C[C@@H]1C[C@H]2CC(=O)[C@]3(O)C[C@@H]4CN5CCC[C@]23[C@]5(C1)O4. The van der Waals surface area contributed by atoms with Gasteiger partial charge in [-0.05, 0) is 37.5 Å². The van der Waals surface area contributed by atoms with Gasteiger partial charge in [-0.3, -0.25) is 9.69 Å². The van der Waals surface area contributed by atoms with Gasteiger partial charge in [0, 0.05) is 25.9 Å². The summed E-state index contributed by atoms with van der Waals surface area (Å²) in [5, 5.41) is 11.4. The predicted octanol–water partition coefficient (Wildman–Crippen LogP) is 1.32. The first-order valence-electron chi connectivity index (χ1n) is 8.20. The number of fused-ring (bicyclic) bond motifs is 1. The molecule has 0 radical (unpaired) electrons. The van der Waals surface area contributed by atoms with E-state index in [9.17, 15) is 9.90 Å². The summed E-state index contributed by atoms with van der Waals surface area (Å²) < 4.78 is 6.53. The van der Waals surface area contributed by atoms with Crippen LogP contribution >= 0.6 is 0 Å². The molecule has 0 aromatic carbocycles. The lowest BCUT2D eigenvalue weighted by Crippen LogP contribution is -2.74. The number of ether oxygens (including phenoxy) is 1. The molecule has 5 rings (SSSR count). The van der Waals surface area contributed by atoms with E-state index in [4.69, 9.17) is 4.74 Å². The zero-order chi connectivity index (χ0) is 13.8. The molecule has 2 bridgehead atoms. The van der Waals surface area contributed by atoms with Crippen LogP contribution in [0.25, 0.3) is 0 Å². The lowest BCUT2D eigenvalue weighted by molar-refractivity contribution is -0.321. The number of carbonyl (C=O) groups excluding carboxylic acids is 1. The molecule has 2 aliphatic carbocycles. The van der Waals surface area contributed by atoms with Gasteiger partial charge in [0.05, 0.1) is 11.5 Å². The standard InChI is InChI=1S/C16H23NO3/c1-10-5-11-6-13(18)15(19)8-12-9-17-4-2-3-14(11,15)16(17,7-10)20-12/h10-12,19H,2-9H2,1H3/t10-,11+,12-,14+,15-,16+/m1/s1. The highest BCUT2D eigenvalue weighted by Crippen LogP contribution is 2.72. The fourth-order valence-corrected chi connectivity index (χ4v) is 6.81. The van der Waals surface area contributed by atoms with Crippen molar-refractivity contribution in [3.05, 3.63) is 0 Å². The third kappa shape index (κ3) is 0.994. The normalized spacial score (nSPS) is 60.7. The second-order valence-electron chi connectivity index (χ2n) is 7.98. The van der Waals surface area contributed by atoms with Crippen LogP contribution < -0.4 is 0 Å². The van der Waals surface area contributed by atoms with Gasteiger partial charge in [-0.25, -0.2) is 0 Å². The molecule has 2 saturated carbocycles. The Morgan fingerprint density at radius 1 is 1.40 bits per heavy atom. The highest BCUT2D eigenvalue weighted by atomic mass is 16.6. The van der Waals surface area contributed by atoms with Gasteiger partial charge in [-0.15, -0.1) is 0 Å². The summed E-state index contributed by atoms with van der Waals surface area (Å²) in [6.07, 6.45) is 5.31. The molecule has 0 aromatic rings. The summed E-state index contributed by atoms with van der Waals surface area (Å²) in [5.74, 6) is 1.02. The number of hydrogen-bond donors (Lipinski definition) is 1. The summed E-state index contributed by atoms with van der Waals surface area (Å²) in [4.78, 5) is 15.2. The Balaban J connectivity index is 1.79. The molecule has 0 amide bonds. The fourth-order valence-electron chi connectivity index (χ4n) is 6.81. The number of piperidine rings is 1. The smallest absolute Gasteiger partial charge is 0.165 e. The number of ketones is 1. The second kappa shape index (κ2) is 3.31. The number of hydrogen-bond acceptors (Lipinski definition) is 4. The fraction of sp³-hybridized carbons (Fsp3) is 0.938. The molecule has 5 aliphatic rings. The van der Waals surface area contributed by atoms with E-state index in [1.807, 2.05) is 0 Å². The summed E-state index contributed by atoms with van der Waals surface area (Å²) >= 11 is 0. The van der Waals surface area contributed by atoms with E-state index in [1.165, 1.54) is 0 Å². The Labute approximate surface area is 119 Å². The topological polar surface area (TPSA) is 49.8 Å². The van der Waals surface area contributed by atoms with Crippen molar-refractivity contribution in [2.45, 2.75) is 62.9 Å². The molecule has 3 saturated heterocycles.